The van der Waals surface area contributed by atoms with Crippen molar-refractivity contribution in [3.63, 3.8) is 0 Å². The number of benzene rings is 1. The minimum absolute atomic E-state index is 0.129. The molecule has 7 heteroatoms. The van der Waals surface area contributed by atoms with Crippen LogP contribution in [0.2, 0.25) is 5.02 Å². The van der Waals surface area contributed by atoms with Crippen molar-refractivity contribution >= 4 is 34.7 Å². The Labute approximate surface area is 150 Å². The number of thiophene rings is 1. The van der Waals surface area contributed by atoms with Gasteiger partial charge in [0.15, 0.2) is 0 Å². The Morgan fingerprint density at radius 2 is 2.12 bits per heavy atom. The van der Waals surface area contributed by atoms with Gasteiger partial charge in [0.2, 0.25) is 0 Å². The lowest BCUT2D eigenvalue weighted by atomic mass is 10.2. The molecule has 1 atom stereocenters. The zero-order chi connectivity index (χ0) is 17.1. The van der Waals surface area contributed by atoms with E-state index >= 15 is 0 Å². The molecular formula is C17H19ClN2O3S. The van der Waals surface area contributed by atoms with Gasteiger partial charge in [-0.1, -0.05) is 17.7 Å². The van der Waals surface area contributed by atoms with Gasteiger partial charge in [0.25, 0.3) is 0 Å². The van der Waals surface area contributed by atoms with Crippen molar-refractivity contribution in [2.45, 2.75) is 18.9 Å². The first-order valence-electron chi connectivity index (χ1n) is 7.66. The van der Waals surface area contributed by atoms with Gasteiger partial charge in [-0.15, -0.1) is 11.3 Å². The largest absolute Gasteiger partial charge is 0.495 e. The second-order valence-corrected chi connectivity index (χ2v) is 6.87. The summed E-state index contributed by atoms with van der Waals surface area (Å²) in [6.45, 7) is 0.737. The Morgan fingerprint density at radius 1 is 1.33 bits per heavy atom. The molecule has 0 aliphatic carbocycles. The first-order valence-corrected chi connectivity index (χ1v) is 8.92. The first kappa shape index (κ1) is 16.9. The number of nitrogens with one attached hydrogen (secondary N) is 1. The van der Waals surface area contributed by atoms with E-state index in [4.69, 9.17) is 21.1 Å². The Kier molecular flexibility index (Phi) is 5.16. The lowest BCUT2D eigenvalue weighted by Crippen LogP contribution is -2.34. The topological polar surface area (TPSA) is 50.8 Å². The van der Waals surface area contributed by atoms with Gasteiger partial charge in [0, 0.05) is 17.5 Å². The van der Waals surface area contributed by atoms with Gasteiger partial charge in [0.05, 0.1) is 31.0 Å². The van der Waals surface area contributed by atoms with E-state index in [1.807, 2.05) is 16.3 Å². The zero-order valence-corrected chi connectivity index (χ0v) is 15.1. The van der Waals surface area contributed by atoms with Crippen LogP contribution in [0.3, 0.4) is 0 Å². The van der Waals surface area contributed by atoms with Gasteiger partial charge in [-0.05, 0) is 30.4 Å². The predicted molar refractivity (Wildman–Crippen MR) is 96.6 cm³/mol. The van der Waals surface area contributed by atoms with Crippen LogP contribution in [0.4, 0.5) is 10.5 Å². The molecule has 0 unspecified atom stereocenters. The number of likely N-dealkylation sites (tertiary alicyclic amines) is 1. The molecule has 2 aromatic rings. The van der Waals surface area contributed by atoms with Gasteiger partial charge in [-0.2, -0.15) is 0 Å². The fraction of sp³-hybridized carbons (Fsp3) is 0.353. The number of urea groups is 1. The first-order chi connectivity index (χ1) is 11.6. The van der Waals surface area contributed by atoms with E-state index in [0.717, 1.165) is 19.4 Å². The molecule has 1 saturated heterocycles. The molecule has 1 aliphatic rings. The number of methoxy groups -OCH3 is 2. The van der Waals surface area contributed by atoms with Crippen molar-refractivity contribution < 1.29 is 14.3 Å². The maximum Gasteiger partial charge on any atom is 0.322 e. The third-order valence-corrected chi connectivity index (χ3v) is 5.37. The highest BCUT2D eigenvalue weighted by Crippen LogP contribution is 2.38. The predicted octanol–water partition coefficient (Wildman–Crippen LogP) is 4.79. The van der Waals surface area contributed by atoms with E-state index in [1.165, 1.54) is 12.0 Å². The lowest BCUT2D eigenvalue weighted by molar-refractivity contribution is 0.207. The summed E-state index contributed by atoms with van der Waals surface area (Å²) in [5.41, 5.74) is 0.533. The van der Waals surface area contributed by atoms with Crippen molar-refractivity contribution in [1.29, 1.82) is 0 Å². The number of carbonyl (C=O) groups is 1. The molecule has 128 valence electrons. The fourth-order valence-corrected chi connectivity index (χ4v) is 4.05. The fourth-order valence-electron chi connectivity index (χ4n) is 2.93. The third-order valence-electron chi connectivity index (χ3n) is 4.10. The summed E-state index contributed by atoms with van der Waals surface area (Å²) in [5.74, 6) is 1.01. The molecule has 1 N–H and O–H groups in total. The van der Waals surface area contributed by atoms with Gasteiger partial charge >= 0.3 is 6.03 Å². The second kappa shape index (κ2) is 7.32. The van der Waals surface area contributed by atoms with Crippen LogP contribution in [0.25, 0.3) is 0 Å². The van der Waals surface area contributed by atoms with E-state index in [9.17, 15) is 4.79 Å². The summed E-state index contributed by atoms with van der Waals surface area (Å²) in [6.07, 6.45) is 1.98. The Hall–Kier alpha value is -1.92. The number of rotatable bonds is 4. The smallest absolute Gasteiger partial charge is 0.322 e. The molecule has 3 rings (SSSR count). The molecule has 1 aromatic heterocycles. The average molecular weight is 367 g/mol. The van der Waals surface area contributed by atoms with Crippen LogP contribution in [0.15, 0.2) is 29.6 Å². The number of ether oxygens (including phenoxy) is 2. The number of halogens is 1. The van der Waals surface area contributed by atoms with Crippen LogP contribution in [-0.2, 0) is 0 Å². The molecule has 0 saturated carbocycles. The lowest BCUT2D eigenvalue weighted by Gasteiger charge is -2.25. The van der Waals surface area contributed by atoms with Crippen LogP contribution in [-0.4, -0.2) is 31.7 Å². The average Bonchev–Trinajstić information content (AvgIpc) is 3.26. The summed E-state index contributed by atoms with van der Waals surface area (Å²) < 4.78 is 10.5. The molecule has 1 aromatic carbocycles. The minimum atomic E-state index is -0.148. The summed E-state index contributed by atoms with van der Waals surface area (Å²) in [4.78, 5) is 15.8. The van der Waals surface area contributed by atoms with E-state index < -0.39 is 0 Å². The number of carbonyl (C=O) groups excluding carboxylic acids is 1. The number of hydrogen-bond acceptors (Lipinski definition) is 4. The Morgan fingerprint density at radius 3 is 2.79 bits per heavy atom. The molecule has 0 radical (unpaired) electrons. The monoisotopic (exact) mass is 366 g/mol. The van der Waals surface area contributed by atoms with E-state index in [0.29, 0.717) is 22.2 Å². The van der Waals surface area contributed by atoms with Crippen molar-refractivity contribution in [1.82, 2.24) is 4.90 Å². The third kappa shape index (κ3) is 3.30. The van der Waals surface area contributed by atoms with E-state index in [-0.39, 0.29) is 12.1 Å². The summed E-state index contributed by atoms with van der Waals surface area (Å²) in [5, 5.41) is 5.37. The second-order valence-electron chi connectivity index (χ2n) is 5.48. The summed E-state index contributed by atoms with van der Waals surface area (Å²) in [7, 11) is 3.08. The maximum absolute atomic E-state index is 12.7. The molecule has 0 bridgehead atoms. The highest BCUT2D eigenvalue weighted by atomic mass is 35.5. The summed E-state index contributed by atoms with van der Waals surface area (Å²) >= 11 is 7.85. The molecular weight excluding hydrogens is 348 g/mol. The van der Waals surface area contributed by atoms with Crippen molar-refractivity contribution in [2.75, 3.05) is 26.1 Å². The molecule has 2 amide bonds. The van der Waals surface area contributed by atoms with Gasteiger partial charge in [-0.25, -0.2) is 4.79 Å². The molecule has 0 spiro atoms. The van der Waals surface area contributed by atoms with Crippen molar-refractivity contribution in [3.8, 4) is 11.5 Å². The van der Waals surface area contributed by atoms with Crippen LogP contribution in [0.1, 0.15) is 23.8 Å². The Balaban J connectivity index is 1.80. The normalized spacial score (nSPS) is 17.0. The van der Waals surface area contributed by atoms with Gasteiger partial charge < -0.3 is 19.7 Å². The van der Waals surface area contributed by atoms with Crippen LogP contribution >= 0.6 is 22.9 Å². The minimum Gasteiger partial charge on any atom is -0.495 e. The van der Waals surface area contributed by atoms with Gasteiger partial charge in [0.1, 0.15) is 11.5 Å². The molecule has 5 nitrogen and oxygen atoms in total. The summed E-state index contributed by atoms with van der Waals surface area (Å²) in [6, 6.07) is 7.38. The van der Waals surface area contributed by atoms with Crippen molar-refractivity contribution in [2.24, 2.45) is 0 Å². The van der Waals surface area contributed by atoms with E-state index in [2.05, 4.69) is 11.4 Å². The Bertz CT molecular complexity index is 721. The van der Waals surface area contributed by atoms with Gasteiger partial charge in [-0.3, -0.25) is 0 Å². The van der Waals surface area contributed by atoms with Crippen molar-refractivity contribution in [3.05, 3.63) is 39.5 Å². The molecule has 1 aliphatic heterocycles. The number of anilines is 1. The van der Waals surface area contributed by atoms with E-state index in [1.54, 1.807) is 30.6 Å². The number of hydrogen-bond donors (Lipinski definition) is 1. The maximum atomic E-state index is 12.7. The number of nitrogens with zero attached hydrogens (tertiary/aromatic N) is 1. The standard InChI is InChI=1S/C17H19ClN2O3S/c1-22-14-10-15(23-2)12(9-11(14)18)19-17(21)20-7-3-5-13(20)16-6-4-8-24-16/h4,6,8-10,13H,3,5,7H2,1-2H3,(H,19,21)/t13-/m0/s1. The van der Waals surface area contributed by atoms with Crippen LogP contribution in [0.5, 0.6) is 11.5 Å². The number of amides is 2. The molecule has 24 heavy (non-hydrogen) atoms. The highest BCUT2D eigenvalue weighted by molar-refractivity contribution is 7.10. The molecule has 1 fully saturated rings. The quantitative estimate of drug-likeness (QED) is 0.846. The highest BCUT2D eigenvalue weighted by Gasteiger charge is 2.31. The van der Waals surface area contributed by atoms with Crippen LogP contribution in [0, 0.1) is 0 Å². The van der Waals surface area contributed by atoms with Crippen LogP contribution < -0.4 is 14.8 Å². The zero-order valence-electron chi connectivity index (χ0n) is 13.5. The SMILES string of the molecule is COc1cc(OC)c(NC(=O)N2CCC[C@H]2c2cccs2)cc1Cl. The molecule has 2 heterocycles.